The molecule has 0 atom stereocenters. The summed E-state index contributed by atoms with van der Waals surface area (Å²) in [7, 11) is -3.87. The molecule has 0 spiro atoms. The number of hydrogen-bond donors (Lipinski definition) is 1. The van der Waals surface area contributed by atoms with Gasteiger partial charge in [-0.25, -0.2) is 17.8 Å². The summed E-state index contributed by atoms with van der Waals surface area (Å²) < 4.78 is 43.0. The van der Waals surface area contributed by atoms with Gasteiger partial charge in [0.05, 0.1) is 21.8 Å². The minimum Gasteiger partial charge on any atom is -0.328 e. The monoisotopic (exact) mass is 391 g/mol. The molecule has 134 valence electrons. The van der Waals surface area contributed by atoms with Gasteiger partial charge in [0.25, 0.3) is 10.0 Å². The van der Waals surface area contributed by atoms with Crippen LogP contribution in [0.25, 0.3) is 11.3 Å². The van der Waals surface area contributed by atoms with Crippen LogP contribution in [0.5, 0.6) is 0 Å². The molecule has 8 heteroatoms. The summed E-state index contributed by atoms with van der Waals surface area (Å²) in [6.07, 6.45) is 3.83. The molecule has 0 aliphatic carbocycles. The van der Waals surface area contributed by atoms with Crippen molar-refractivity contribution in [3.05, 3.63) is 65.3 Å². The molecule has 0 amide bonds. The summed E-state index contributed by atoms with van der Waals surface area (Å²) in [6, 6.07) is 10.4. The highest BCUT2D eigenvalue weighted by Gasteiger charge is 2.19. The van der Waals surface area contributed by atoms with E-state index in [0.717, 1.165) is 48.6 Å². The Morgan fingerprint density at radius 1 is 1.19 bits per heavy atom. The maximum Gasteiger partial charge on any atom is 0.261 e. The maximum absolute atomic E-state index is 13.3. The first-order valence-electron chi connectivity index (χ1n) is 8.07. The summed E-state index contributed by atoms with van der Waals surface area (Å²) in [6.45, 7) is 0.911. The van der Waals surface area contributed by atoms with Crippen molar-refractivity contribution in [3.8, 4) is 11.3 Å². The molecule has 1 aliphatic rings. The molecular weight excluding hydrogens is 377 g/mol. The summed E-state index contributed by atoms with van der Waals surface area (Å²) in [5.74, 6) is 0.383. The van der Waals surface area contributed by atoms with Crippen LogP contribution in [-0.4, -0.2) is 18.0 Å². The number of nitrogens with one attached hydrogen (secondary N) is 1. The summed E-state index contributed by atoms with van der Waals surface area (Å²) in [4.78, 5) is 4.32. The van der Waals surface area contributed by atoms with Crippen LogP contribution < -0.4 is 4.72 Å². The van der Waals surface area contributed by atoms with Gasteiger partial charge in [0.2, 0.25) is 0 Å². The third-order valence-electron chi connectivity index (χ3n) is 4.33. The van der Waals surface area contributed by atoms with Crippen LogP contribution in [0.1, 0.15) is 12.2 Å². The molecule has 3 aromatic rings. The van der Waals surface area contributed by atoms with Gasteiger partial charge in [0, 0.05) is 24.2 Å². The van der Waals surface area contributed by atoms with Crippen molar-refractivity contribution in [2.24, 2.45) is 0 Å². The highest BCUT2D eigenvalue weighted by atomic mass is 35.5. The molecule has 2 aromatic carbocycles. The fourth-order valence-electron chi connectivity index (χ4n) is 3.09. The third kappa shape index (κ3) is 3.08. The Morgan fingerprint density at radius 3 is 2.85 bits per heavy atom. The Hall–Kier alpha value is -2.38. The maximum atomic E-state index is 13.3. The van der Waals surface area contributed by atoms with Crippen LogP contribution in [0, 0.1) is 5.82 Å². The van der Waals surface area contributed by atoms with Crippen LogP contribution in [0.15, 0.2) is 53.6 Å². The molecule has 0 saturated carbocycles. The molecule has 4 rings (SSSR count). The highest BCUT2D eigenvalue weighted by molar-refractivity contribution is 7.92. The van der Waals surface area contributed by atoms with Crippen molar-refractivity contribution in [3.63, 3.8) is 0 Å². The Morgan fingerprint density at radius 2 is 2.04 bits per heavy atom. The SMILES string of the molecule is O=S(=O)(Nc1cccc(-c2cnc3n2CCC3)c1)c1ccc(F)c(Cl)c1. The number of fused-ring (bicyclic) bond motifs is 1. The number of halogens is 2. The standard InChI is InChI=1S/C18H15ClFN3O2S/c19-15-10-14(6-7-16(15)20)26(24,25)22-13-4-1-3-12(9-13)17-11-21-18-5-2-8-23(17)18/h1,3-4,6-7,9-11,22H,2,5,8H2. The van der Waals surface area contributed by atoms with E-state index in [1.54, 1.807) is 18.2 Å². The second kappa shape index (κ2) is 6.41. The number of nitrogens with zero attached hydrogens (tertiary/aromatic N) is 2. The first-order chi connectivity index (χ1) is 12.4. The van der Waals surface area contributed by atoms with Crippen molar-refractivity contribution in [2.75, 3.05) is 4.72 Å². The van der Waals surface area contributed by atoms with Crippen LogP contribution in [0.3, 0.4) is 0 Å². The zero-order valence-electron chi connectivity index (χ0n) is 13.6. The second-order valence-electron chi connectivity index (χ2n) is 6.08. The zero-order valence-corrected chi connectivity index (χ0v) is 15.2. The first-order valence-corrected chi connectivity index (χ1v) is 9.93. The van der Waals surface area contributed by atoms with Crippen molar-refractivity contribution in [2.45, 2.75) is 24.3 Å². The summed E-state index contributed by atoms with van der Waals surface area (Å²) in [5, 5.41) is -0.239. The molecule has 0 radical (unpaired) electrons. The second-order valence-corrected chi connectivity index (χ2v) is 8.17. The fourth-order valence-corrected chi connectivity index (χ4v) is 4.41. The topological polar surface area (TPSA) is 64.0 Å². The number of imidazole rings is 1. The van der Waals surface area contributed by atoms with E-state index in [-0.39, 0.29) is 9.92 Å². The van der Waals surface area contributed by atoms with Gasteiger partial charge in [0.1, 0.15) is 11.6 Å². The zero-order chi connectivity index (χ0) is 18.3. The van der Waals surface area contributed by atoms with E-state index in [1.807, 2.05) is 12.3 Å². The normalized spacial score (nSPS) is 13.6. The van der Waals surface area contributed by atoms with Gasteiger partial charge in [-0.3, -0.25) is 4.72 Å². The smallest absolute Gasteiger partial charge is 0.261 e. The number of aryl methyl sites for hydroxylation is 1. The van der Waals surface area contributed by atoms with E-state index in [1.165, 1.54) is 6.07 Å². The fraction of sp³-hybridized carbons (Fsp3) is 0.167. The van der Waals surface area contributed by atoms with Crippen LogP contribution in [0.2, 0.25) is 5.02 Å². The largest absolute Gasteiger partial charge is 0.328 e. The first kappa shape index (κ1) is 17.1. The number of rotatable bonds is 4. The molecular formula is C18H15ClFN3O2S. The lowest BCUT2D eigenvalue weighted by atomic mass is 10.1. The molecule has 5 nitrogen and oxygen atoms in total. The number of benzene rings is 2. The Kier molecular flexibility index (Phi) is 4.20. The van der Waals surface area contributed by atoms with E-state index < -0.39 is 15.8 Å². The number of sulfonamides is 1. The number of aromatic nitrogens is 2. The lowest BCUT2D eigenvalue weighted by molar-refractivity contribution is 0.599. The Balaban J connectivity index is 1.65. The van der Waals surface area contributed by atoms with Gasteiger partial charge in [0.15, 0.2) is 0 Å². The van der Waals surface area contributed by atoms with Crippen molar-refractivity contribution in [1.82, 2.24) is 9.55 Å². The van der Waals surface area contributed by atoms with Gasteiger partial charge in [-0.2, -0.15) is 0 Å². The number of hydrogen-bond acceptors (Lipinski definition) is 3. The van der Waals surface area contributed by atoms with Crippen molar-refractivity contribution in [1.29, 1.82) is 0 Å². The van der Waals surface area contributed by atoms with E-state index in [4.69, 9.17) is 11.6 Å². The van der Waals surface area contributed by atoms with Gasteiger partial charge in [-0.1, -0.05) is 23.7 Å². The van der Waals surface area contributed by atoms with Crippen LogP contribution in [-0.2, 0) is 23.0 Å². The van der Waals surface area contributed by atoms with Crippen molar-refractivity contribution < 1.29 is 12.8 Å². The Labute approximate surface area is 155 Å². The minimum atomic E-state index is -3.87. The molecule has 0 saturated heterocycles. The van der Waals surface area contributed by atoms with Gasteiger partial charge >= 0.3 is 0 Å². The van der Waals surface area contributed by atoms with Gasteiger partial charge in [-0.05, 0) is 36.8 Å². The lowest BCUT2D eigenvalue weighted by Crippen LogP contribution is -2.13. The highest BCUT2D eigenvalue weighted by Crippen LogP contribution is 2.28. The third-order valence-corrected chi connectivity index (χ3v) is 6.00. The Bertz CT molecular complexity index is 1100. The van der Waals surface area contributed by atoms with E-state index >= 15 is 0 Å². The quantitative estimate of drug-likeness (QED) is 0.728. The lowest BCUT2D eigenvalue weighted by Gasteiger charge is -2.11. The summed E-state index contributed by atoms with van der Waals surface area (Å²) >= 11 is 5.69. The van der Waals surface area contributed by atoms with Crippen LogP contribution >= 0.6 is 11.6 Å². The molecule has 1 aromatic heterocycles. The molecule has 0 fully saturated rings. The van der Waals surface area contributed by atoms with E-state index in [0.29, 0.717) is 5.69 Å². The minimum absolute atomic E-state index is 0.0976. The van der Waals surface area contributed by atoms with Crippen molar-refractivity contribution >= 4 is 27.3 Å². The number of anilines is 1. The average molecular weight is 392 g/mol. The van der Waals surface area contributed by atoms with E-state index in [2.05, 4.69) is 14.3 Å². The molecule has 1 N–H and O–H groups in total. The molecule has 1 aliphatic heterocycles. The molecule has 0 bridgehead atoms. The summed E-state index contributed by atoms with van der Waals surface area (Å²) in [5.41, 5.74) is 2.25. The predicted molar refractivity (Wildman–Crippen MR) is 98.2 cm³/mol. The molecule has 0 unspecified atom stereocenters. The molecule has 2 heterocycles. The average Bonchev–Trinajstić information content (AvgIpc) is 3.20. The van der Waals surface area contributed by atoms with E-state index in [9.17, 15) is 12.8 Å². The predicted octanol–water partition coefficient (Wildman–Crippen LogP) is 4.09. The molecule has 26 heavy (non-hydrogen) atoms. The van der Waals surface area contributed by atoms with Crippen LogP contribution in [0.4, 0.5) is 10.1 Å². The van der Waals surface area contributed by atoms with Gasteiger partial charge < -0.3 is 4.57 Å². The van der Waals surface area contributed by atoms with Gasteiger partial charge in [-0.15, -0.1) is 0 Å².